The highest BCUT2D eigenvalue weighted by Crippen LogP contribution is 2.32. The van der Waals surface area contributed by atoms with Crippen molar-refractivity contribution in [2.24, 2.45) is 5.73 Å². The van der Waals surface area contributed by atoms with Crippen molar-refractivity contribution in [2.75, 3.05) is 17.8 Å². The Morgan fingerprint density at radius 3 is 2.73 bits per heavy atom. The topological polar surface area (TPSA) is 142 Å². The Morgan fingerprint density at radius 1 is 1.07 bits per heavy atom. The van der Waals surface area contributed by atoms with E-state index < -0.39 is 5.91 Å². The van der Waals surface area contributed by atoms with E-state index in [0.29, 0.717) is 29.3 Å². The molecule has 3 aromatic rings. The number of benzene rings is 2. The highest BCUT2D eigenvalue weighted by Gasteiger charge is 2.15. The summed E-state index contributed by atoms with van der Waals surface area (Å²) in [4.78, 5) is 32.0. The number of nitrogens with one attached hydrogen (secondary N) is 1. The second kappa shape index (κ2) is 8.08. The first-order chi connectivity index (χ1) is 14.5. The zero-order chi connectivity index (χ0) is 21.1. The summed E-state index contributed by atoms with van der Waals surface area (Å²) < 4.78 is 10.6. The van der Waals surface area contributed by atoms with Gasteiger partial charge in [0.2, 0.25) is 12.7 Å². The van der Waals surface area contributed by atoms with E-state index in [1.807, 2.05) is 24.3 Å². The number of primary amides is 1. The van der Waals surface area contributed by atoms with Gasteiger partial charge in [-0.2, -0.15) is 0 Å². The number of ether oxygens (including phenoxy) is 2. The highest BCUT2D eigenvalue weighted by molar-refractivity contribution is 5.95. The Kier molecular flexibility index (Phi) is 5.17. The number of hydrogen-bond donors (Lipinski definition) is 3. The minimum atomic E-state index is -0.730. The van der Waals surface area contributed by atoms with Gasteiger partial charge in [-0.3, -0.25) is 9.59 Å². The van der Waals surface area contributed by atoms with Crippen LogP contribution in [-0.4, -0.2) is 28.6 Å². The molecular weight excluding hydrogens is 386 g/mol. The fraction of sp³-hybridized carbons (Fsp3) is 0.143. The summed E-state index contributed by atoms with van der Waals surface area (Å²) in [6, 6.07) is 12.8. The molecular formula is C21H19N5O4. The molecule has 2 aromatic carbocycles. The van der Waals surface area contributed by atoms with Crippen LogP contribution in [0.25, 0.3) is 0 Å². The van der Waals surface area contributed by atoms with Gasteiger partial charge < -0.3 is 26.3 Å². The second-order valence-corrected chi connectivity index (χ2v) is 6.75. The van der Waals surface area contributed by atoms with E-state index in [1.165, 1.54) is 6.20 Å². The fourth-order valence-electron chi connectivity index (χ4n) is 3.11. The quantitative estimate of drug-likeness (QED) is 0.566. The van der Waals surface area contributed by atoms with Gasteiger partial charge >= 0.3 is 0 Å². The lowest BCUT2D eigenvalue weighted by Gasteiger charge is -2.09. The molecule has 4 rings (SSSR count). The molecule has 5 N–H and O–H groups in total. The molecule has 1 aromatic heterocycles. The number of nitrogens with zero attached hydrogens (tertiary/aromatic N) is 2. The Morgan fingerprint density at radius 2 is 1.90 bits per heavy atom. The van der Waals surface area contributed by atoms with E-state index in [1.54, 1.807) is 18.2 Å². The summed E-state index contributed by atoms with van der Waals surface area (Å²) in [5.41, 5.74) is 13.7. The predicted molar refractivity (Wildman–Crippen MR) is 109 cm³/mol. The van der Waals surface area contributed by atoms with Crippen LogP contribution in [0.15, 0.2) is 48.7 Å². The fourth-order valence-corrected chi connectivity index (χ4v) is 3.11. The molecule has 0 atom stereocenters. The third-order valence-electron chi connectivity index (χ3n) is 4.48. The van der Waals surface area contributed by atoms with Crippen LogP contribution in [-0.2, 0) is 17.6 Å². The van der Waals surface area contributed by atoms with Crippen LogP contribution < -0.4 is 26.3 Å². The predicted octanol–water partition coefficient (Wildman–Crippen LogP) is 1.66. The van der Waals surface area contributed by atoms with Gasteiger partial charge in [-0.15, -0.1) is 0 Å². The molecule has 2 amide bonds. The lowest BCUT2D eigenvalue weighted by molar-refractivity contribution is -0.115. The van der Waals surface area contributed by atoms with Crippen LogP contribution in [0.4, 0.5) is 11.5 Å². The van der Waals surface area contributed by atoms with E-state index in [-0.39, 0.29) is 30.6 Å². The Labute approximate surface area is 172 Å². The van der Waals surface area contributed by atoms with Gasteiger partial charge in [0.15, 0.2) is 23.0 Å². The first kappa shape index (κ1) is 19.2. The maximum Gasteiger partial charge on any atom is 0.271 e. The number of carbonyl (C=O) groups is 2. The van der Waals surface area contributed by atoms with Gasteiger partial charge in [-0.05, 0) is 35.4 Å². The van der Waals surface area contributed by atoms with Crippen LogP contribution in [0.2, 0.25) is 0 Å². The molecule has 0 bridgehead atoms. The summed E-state index contributed by atoms with van der Waals surface area (Å²) in [6.07, 6.45) is 2.10. The van der Waals surface area contributed by atoms with Crippen LogP contribution in [0.1, 0.15) is 27.3 Å². The molecule has 1 aliphatic rings. The first-order valence-electron chi connectivity index (χ1n) is 9.16. The Balaban J connectivity index is 1.42. The zero-order valence-electron chi connectivity index (χ0n) is 15.9. The molecule has 0 unspecified atom stereocenters. The summed E-state index contributed by atoms with van der Waals surface area (Å²) >= 11 is 0. The lowest BCUT2D eigenvalue weighted by atomic mass is 10.1. The maximum atomic E-state index is 12.4. The van der Waals surface area contributed by atoms with Crippen molar-refractivity contribution in [1.29, 1.82) is 0 Å². The van der Waals surface area contributed by atoms with Crippen LogP contribution in [0, 0.1) is 0 Å². The van der Waals surface area contributed by atoms with E-state index in [9.17, 15) is 9.59 Å². The van der Waals surface area contributed by atoms with E-state index in [2.05, 4.69) is 15.3 Å². The van der Waals surface area contributed by atoms with Gasteiger partial charge in [-0.25, -0.2) is 9.97 Å². The van der Waals surface area contributed by atoms with Crippen LogP contribution in [0.3, 0.4) is 0 Å². The van der Waals surface area contributed by atoms with Gasteiger partial charge in [0.05, 0.1) is 18.3 Å². The largest absolute Gasteiger partial charge is 0.454 e. The number of rotatable bonds is 6. The SMILES string of the molecule is NC(=O)c1nc(Cc2cccc(NC(=O)Cc3ccc4c(c3)OCO4)c2)cnc1N. The van der Waals surface area contributed by atoms with Gasteiger partial charge in [0.25, 0.3) is 5.91 Å². The number of fused-ring (bicyclic) bond motifs is 1. The van der Waals surface area contributed by atoms with Crippen molar-refractivity contribution < 1.29 is 19.1 Å². The molecule has 1 aliphatic heterocycles. The van der Waals surface area contributed by atoms with Crippen molar-refractivity contribution in [3.8, 4) is 11.5 Å². The van der Waals surface area contributed by atoms with E-state index >= 15 is 0 Å². The number of anilines is 2. The standard InChI is InChI=1S/C21H19N5O4/c22-20-19(21(23)28)26-15(10-24-20)7-12-2-1-3-14(6-12)25-18(27)9-13-4-5-16-17(8-13)30-11-29-16/h1-6,8,10H,7,9,11H2,(H2,22,24)(H2,23,28)(H,25,27). The minimum absolute atomic E-state index is 0.00391. The van der Waals surface area contributed by atoms with Gasteiger partial charge in [-0.1, -0.05) is 18.2 Å². The normalized spacial score (nSPS) is 11.9. The number of hydrogen-bond acceptors (Lipinski definition) is 7. The molecule has 152 valence electrons. The van der Waals surface area contributed by atoms with Crippen LogP contribution in [0.5, 0.6) is 11.5 Å². The Bertz CT molecular complexity index is 1130. The monoisotopic (exact) mass is 405 g/mol. The van der Waals surface area contributed by atoms with E-state index in [4.69, 9.17) is 20.9 Å². The summed E-state index contributed by atoms with van der Waals surface area (Å²) in [6.45, 7) is 0.192. The summed E-state index contributed by atoms with van der Waals surface area (Å²) in [5.74, 6) is 0.427. The van der Waals surface area contributed by atoms with Crippen molar-refractivity contribution in [1.82, 2.24) is 9.97 Å². The third-order valence-corrected chi connectivity index (χ3v) is 4.48. The van der Waals surface area contributed by atoms with Crippen molar-refractivity contribution in [3.63, 3.8) is 0 Å². The number of nitrogens with two attached hydrogens (primary N) is 2. The van der Waals surface area contributed by atoms with Crippen molar-refractivity contribution in [2.45, 2.75) is 12.8 Å². The van der Waals surface area contributed by atoms with Crippen molar-refractivity contribution in [3.05, 3.63) is 71.2 Å². The first-order valence-corrected chi connectivity index (χ1v) is 9.16. The lowest BCUT2D eigenvalue weighted by Crippen LogP contribution is -2.17. The van der Waals surface area contributed by atoms with Gasteiger partial charge in [0, 0.05) is 12.1 Å². The zero-order valence-corrected chi connectivity index (χ0v) is 15.9. The average Bonchev–Trinajstić information content (AvgIpc) is 3.17. The molecule has 9 heteroatoms. The number of carbonyl (C=O) groups excluding carboxylic acids is 2. The molecule has 0 saturated heterocycles. The molecule has 0 fully saturated rings. The molecule has 9 nitrogen and oxygen atoms in total. The minimum Gasteiger partial charge on any atom is -0.454 e. The molecule has 30 heavy (non-hydrogen) atoms. The summed E-state index contributed by atoms with van der Waals surface area (Å²) in [7, 11) is 0. The van der Waals surface area contributed by atoms with E-state index in [0.717, 1.165) is 11.1 Å². The molecule has 0 saturated carbocycles. The summed E-state index contributed by atoms with van der Waals surface area (Å²) in [5, 5.41) is 2.88. The number of nitrogen functional groups attached to an aromatic ring is 1. The smallest absolute Gasteiger partial charge is 0.271 e. The maximum absolute atomic E-state index is 12.4. The highest BCUT2D eigenvalue weighted by atomic mass is 16.7. The third kappa shape index (κ3) is 4.30. The average molecular weight is 405 g/mol. The molecule has 0 radical (unpaired) electrons. The molecule has 0 spiro atoms. The number of amides is 2. The van der Waals surface area contributed by atoms with Gasteiger partial charge in [0.1, 0.15) is 0 Å². The van der Waals surface area contributed by atoms with Crippen LogP contribution >= 0.6 is 0 Å². The second-order valence-electron chi connectivity index (χ2n) is 6.75. The van der Waals surface area contributed by atoms with Crippen molar-refractivity contribution >= 4 is 23.3 Å². The molecule has 0 aliphatic carbocycles. The number of aromatic nitrogens is 2. The molecule has 2 heterocycles. The Hall–Kier alpha value is -4.14.